The number of carbonyl (C=O) groups excluding carboxylic acids is 5. The van der Waals surface area contributed by atoms with Crippen LogP contribution in [-0.4, -0.2) is 119 Å². The molecule has 0 spiro atoms. The van der Waals surface area contributed by atoms with Crippen LogP contribution in [0, 0.1) is 34.6 Å². The summed E-state index contributed by atoms with van der Waals surface area (Å²) in [5.74, 6) is 2.81. The average Bonchev–Trinajstić information content (AvgIpc) is 1.60. The van der Waals surface area contributed by atoms with Crippen LogP contribution in [0.2, 0.25) is 0 Å². The Balaban J connectivity index is 0.000000118. The average molecular weight is 1800 g/mol. The number of allylic oxidation sites excluding steroid dienone is 1. The minimum atomic E-state index is -0.00953. The smallest absolute Gasteiger partial charge is 0.255 e. The first-order valence-corrected chi connectivity index (χ1v) is 42.2. The maximum Gasteiger partial charge on any atom is 0.255 e. The fourth-order valence-corrected chi connectivity index (χ4v) is 18.3. The van der Waals surface area contributed by atoms with E-state index in [0.29, 0.717) is 26.2 Å². The van der Waals surface area contributed by atoms with Crippen LogP contribution in [-0.2, 0) is 32.6 Å². The summed E-state index contributed by atoms with van der Waals surface area (Å²) in [6, 6.07) is 50.1. The van der Waals surface area contributed by atoms with Gasteiger partial charge in [-0.25, -0.2) is 39.9 Å². The number of aromatic nitrogens is 11. The number of benzene rings is 8. The van der Waals surface area contributed by atoms with Gasteiger partial charge in [-0.1, -0.05) is 87.8 Å². The maximum atomic E-state index is 13.2. The molecule has 125 heavy (non-hydrogen) atoms. The Morgan fingerprint density at radius 3 is 1.20 bits per heavy atom. The second kappa shape index (κ2) is 36.7. The number of nitrogens with zero attached hydrogens (tertiary/aromatic N) is 14. The topological polar surface area (TPSA) is 265 Å². The number of halogens is 2. The van der Waals surface area contributed by atoms with Crippen molar-refractivity contribution in [2.24, 2.45) is 0 Å². The first-order chi connectivity index (χ1) is 59.9. The number of amides is 5. The molecule has 0 saturated carbocycles. The highest BCUT2D eigenvalue weighted by atomic mass is 79.9. The molecule has 12 heterocycles. The van der Waals surface area contributed by atoms with Crippen molar-refractivity contribution in [3.63, 3.8) is 0 Å². The third-order valence-electron chi connectivity index (χ3n) is 23.4. The molecule has 26 heteroatoms. The predicted molar refractivity (Wildman–Crippen MR) is 491 cm³/mol. The minimum Gasteiger partial charge on any atom is -0.497 e. The molecule has 21 rings (SSSR count). The summed E-state index contributed by atoms with van der Waals surface area (Å²) in [5, 5.41) is 8.90. The lowest BCUT2D eigenvalue weighted by Gasteiger charge is -2.22. The summed E-state index contributed by atoms with van der Waals surface area (Å²) < 4.78 is 23.7. The van der Waals surface area contributed by atoms with Gasteiger partial charge in [0.15, 0.2) is 0 Å². The Morgan fingerprint density at radius 1 is 0.408 bits per heavy atom. The number of rotatable bonds is 12. The Kier molecular flexibility index (Phi) is 25.3. The van der Waals surface area contributed by atoms with E-state index in [9.17, 15) is 24.0 Å². The first-order valence-electron chi connectivity index (χ1n) is 40.6. The molecule has 4 unspecified atom stereocenters. The Bertz CT molecular complexity index is 6560. The molecule has 0 fully saturated rings. The lowest BCUT2D eigenvalue weighted by molar-refractivity contribution is 0.0715. The van der Waals surface area contributed by atoms with E-state index >= 15 is 0 Å². The van der Waals surface area contributed by atoms with Crippen molar-refractivity contribution in [3.8, 4) is 34.3 Å². The van der Waals surface area contributed by atoms with E-state index in [0.717, 1.165) is 194 Å². The summed E-state index contributed by atoms with van der Waals surface area (Å²) in [4.78, 5) is 101. The lowest BCUT2D eigenvalue weighted by atomic mass is 10.00. The number of methoxy groups -OCH3 is 3. The van der Waals surface area contributed by atoms with Gasteiger partial charge in [0, 0.05) is 152 Å². The molecule has 5 amide bonds. The number of aryl methyl sites for hydroxylation is 5. The standard InChI is InChI=1S/C24H22N4O2.C18H18BrNO2.C17H16BrNO2.2C16H14N4O.C7H6N2.CH4/c1-15-10-19(27-9-8-18-12-25-14-26-23(18)27)11-21-16(2)28(24(29)22(15)21)13-17-4-6-20(30-3)7-5-17;1-11-8-14(19)9-16-12(2)20(18(21)17(11)16)10-13-4-6-15(22-3)7-5-13;1-11-7-14(18)8-13-10-19(17(20)16(11)13)9-12-3-5-15(21-2)6-4-12;2*1-9-5-12(6-13-10(2)19-16(21)14(9)13)20-4-3-11-7-17-8-18-15(11)20;1-2-6-4-8-5-9-7(6)3-1;/h4-12,14,16H,13H2,1-3H3;4-9,12H,10H2,1-3H3;3-8H,9-10H2,1-2H3;2*3-8,10H,1-2H3,(H,19,21);1-2,4-5H,3H2;1H4. The van der Waals surface area contributed by atoms with Crippen LogP contribution >= 0.6 is 31.9 Å². The number of hydrogen-bond donors (Lipinski definition) is 2. The second-order valence-electron chi connectivity index (χ2n) is 31.4. The number of carbonyl (C=O) groups is 5. The monoisotopic (exact) mass is 1790 g/mol. The van der Waals surface area contributed by atoms with Gasteiger partial charge < -0.3 is 53.2 Å². The van der Waals surface area contributed by atoms with E-state index in [2.05, 4.69) is 139 Å². The third-order valence-corrected chi connectivity index (χ3v) is 24.3. The lowest BCUT2D eigenvalue weighted by Crippen LogP contribution is -2.26. The molecule has 0 saturated heterocycles. The number of fused-ring (bicyclic) bond motifs is 9. The van der Waals surface area contributed by atoms with Crippen molar-refractivity contribution in [2.45, 2.75) is 127 Å². The predicted octanol–water partition coefficient (Wildman–Crippen LogP) is 19.6. The number of hydrogen-bond acceptors (Lipinski definition) is 16. The number of ether oxygens (including phenoxy) is 3. The molecule has 15 aromatic rings. The molecule has 24 nitrogen and oxygen atoms in total. The van der Waals surface area contributed by atoms with E-state index in [4.69, 9.17) is 14.2 Å². The number of nitrogens with one attached hydrogen (secondary N) is 2. The van der Waals surface area contributed by atoms with Crippen LogP contribution in [0.25, 0.3) is 56.2 Å². The van der Waals surface area contributed by atoms with Crippen molar-refractivity contribution in [1.29, 1.82) is 0 Å². The largest absolute Gasteiger partial charge is 0.497 e. The highest BCUT2D eigenvalue weighted by Gasteiger charge is 2.38. The zero-order chi connectivity index (χ0) is 86.9. The summed E-state index contributed by atoms with van der Waals surface area (Å²) >= 11 is 7.02. The van der Waals surface area contributed by atoms with Crippen molar-refractivity contribution in [1.82, 2.24) is 78.9 Å². The normalized spacial score (nSPS) is 15.7. The third kappa shape index (κ3) is 17.5. The summed E-state index contributed by atoms with van der Waals surface area (Å²) in [7, 11) is 4.95. The Labute approximate surface area is 741 Å². The van der Waals surface area contributed by atoms with Gasteiger partial charge >= 0.3 is 0 Å². The molecular weight excluding hydrogens is 1700 g/mol. The SMILES string of the molecule is C.C1=Cc2cncnc2C1.COc1ccc(CN2C(=O)c3c(C)cc(-n4ccc5cncnc54)cc3C2C)cc1.COc1ccc(CN2C(=O)c3c(C)cc(Br)cc3C2C)cc1.COc1ccc(CN2Cc3cc(Br)cc(C)c3C2=O)cc1.Cc1cc(-n2ccc3cncnc32)cc2c1C(=O)NC2C.Cc1cc(-n2ccc3cncnc32)cc2c1C(=O)NC2C. The Morgan fingerprint density at radius 2 is 0.776 bits per heavy atom. The van der Waals surface area contributed by atoms with Gasteiger partial charge in [-0.15, -0.1) is 0 Å². The van der Waals surface area contributed by atoms with Crippen molar-refractivity contribution < 1.29 is 38.2 Å². The molecule has 0 radical (unpaired) electrons. The summed E-state index contributed by atoms with van der Waals surface area (Å²) in [6.07, 6.45) is 24.6. The van der Waals surface area contributed by atoms with Crippen LogP contribution in [0.4, 0.5) is 0 Å². The van der Waals surface area contributed by atoms with Gasteiger partial charge in [0.2, 0.25) is 0 Å². The van der Waals surface area contributed by atoms with E-state index in [1.54, 1.807) is 59.0 Å². The summed E-state index contributed by atoms with van der Waals surface area (Å²) in [5.41, 5.74) is 25.7. The molecule has 7 aromatic heterocycles. The van der Waals surface area contributed by atoms with E-state index in [-0.39, 0.29) is 61.1 Å². The van der Waals surface area contributed by atoms with Crippen LogP contribution in [0.5, 0.6) is 17.2 Å². The van der Waals surface area contributed by atoms with Crippen LogP contribution < -0.4 is 24.8 Å². The van der Waals surface area contributed by atoms with Gasteiger partial charge in [-0.3, -0.25) is 24.0 Å². The van der Waals surface area contributed by atoms with Gasteiger partial charge in [-0.2, -0.15) is 0 Å². The molecule has 8 aromatic carbocycles. The van der Waals surface area contributed by atoms with E-state index in [1.165, 1.54) is 0 Å². The molecule has 2 N–H and O–H groups in total. The highest BCUT2D eigenvalue weighted by molar-refractivity contribution is 9.10. The van der Waals surface area contributed by atoms with Gasteiger partial charge in [-0.05, 0) is 250 Å². The van der Waals surface area contributed by atoms with Gasteiger partial charge in [0.05, 0.1) is 51.2 Å². The van der Waals surface area contributed by atoms with Crippen molar-refractivity contribution in [3.05, 3.63) is 347 Å². The minimum absolute atomic E-state index is 0. The van der Waals surface area contributed by atoms with Crippen molar-refractivity contribution in [2.75, 3.05) is 21.3 Å². The van der Waals surface area contributed by atoms with Crippen LogP contribution in [0.1, 0.15) is 195 Å². The Hall–Kier alpha value is -13.9. The molecule has 1 aliphatic carbocycles. The fourth-order valence-electron chi connectivity index (χ4n) is 17.0. The van der Waals surface area contributed by atoms with Gasteiger partial charge in [0.1, 0.15) is 59.5 Å². The van der Waals surface area contributed by atoms with E-state index < -0.39 is 0 Å². The first kappa shape index (κ1) is 86.1. The van der Waals surface area contributed by atoms with Crippen LogP contribution in [0.3, 0.4) is 0 Å². The van der Waals surface area contributed by atoms with Crippen molar-refractivity contribution >= 4 is 101 Å². The molecular formula is C99H94Br2N16O8. The highest BCUT2D eigenvalue weighted by Crippen LogP contribution is 2.42. The van der Waals surface area contributed by atoms with E-state index in [1.807, 2.05) is 229 Å². The molecule has 632 valence electrons. The zero-order valence-corrected chi connectivity index (χ0v) is 73.7. The second-order valence-corrected chi connectivity index (χ2v) is 33.3. The molecule has 5 aliphatic heterocycles. The fraction of sp³-hybridized carbons (Fsp3) is 0.222. The maximum absolute atomic E-state index is 13.2. The summed E-state index contributed by atoms with van der Waals surface area (Å²) in [6.45, 7) is 20.6. The van der Waals surface area contributed by atoms with Crippen LogP contribution in [0.15, 0.2) is 235 Å². The zero-order valence-electron chi connectivity index (χ0n) is 70.6. The van der Waals surface area contributed by atoms with Gasteiger partial charge in [0.25, 0.3) is 29.5 Å². The molecule has 0 bridgehead atoms. The quantitative estimate of drug-likeness (QED) is 0.115. The molecule has 6 aliphatic rings. The molecule has 4 atom stereocenters.